The van der Waals surface area contributed by atoms with Gasteiger partial charge in [-0.15, -0.1) is 0 Å². The Labute approximate surface area is 128 Å². The fraction of sp³-hybridized carbons (Fsp3) is 0.944. The average Bonchev–Trinajstić information content (AvgIpc) is 2.34. The lowest BCUT2D eigenvalue weighted by Gasteiger charge is -2.65. The zero-order valence-corrected chi connectivity index (χ0v) is 13.6. The molecule has 0 aromatic rings. The molecule has 0 aromatic heterocycles. The SMILES string of the molecule is CC12CC3CC(C)(C1)CC(NC(=O)[C@@H]1CCCNC1)(C3)C2. The molecule has 1 heterocycles. The van der Waals surface area contributed by atoms with E-state index in [0.29, 0.717) is 16.7 Å². The first-order valence-corrected chi connectivity index (χ1v) is 8.92. The lowest BCUT2D eigenvalue weighted by molar-refractivity contribution is -0.143. The molecular formula is C18H30N2O. The Kier molecular flexibility index (Phi) is 2.99. The smallest absolute Gasteiger partial charge is 0.224 e. The van der Waals surface area contributed by atoms with Gasteiger partial charge in [0.25, 0.3) is 0 Å². The van der Waals surface area contributed by atoms with E-state index in [1.54, 1.807) is 0 Å². The molecule has 4 saturated carbocycles. The standard InChI is InChI=1S/C18H30N2O/c1-16-6-13-7-17(2,10-16)12-18(8-13,11-16)20-15(21)14-4-3-5-19-9-14/h13-14,19H,3-12H2,1-2H3,(H,20,21)/t13?,14-,16?,17?,18?/m1/s1. The maximum atomic E-state index is 12.7. The third-order valence-corrected chi connectivity index (χ3v) is 6.68. The van der Waals surface area contributed by atoms with Crippen LogP contribution in [-0.2, 0) is 4.79 Å². The molecule has 3 atom stereocenters. The number of nitrogens with one attached hydrogen (secondary N) is 2. The van der Waals surface area contributed by atoms with E-state index in [9.17, 15) is 4.79 Å². The first-order valence-electron chi connectivity index (χ1n) is 8.92. The topological polar surface area (TPSA) is 41.1 Å². The van der Waals surface area contributed by atoms with Gasteiger partial charge in [0.05, 0.1) is 5.92 Å². The van der Waals surface area contributed by atoms with Crippen molar-refractivity contribution in [3.05, 3.63) is 0 Å². The van der Waals surface area contributed by atoms with Gasteiger partial charge >= 0.3 is 0 Å². The third-order valence-electron chi connectivity index (χ3n) is 6.68. The highest BCUT2D eigenvalue weighted by Crippen LogP contribution is 2.66. The summed E-state index contributed by atoms with van der Waals surface area (Å²) >= 11 is 0. The van der Waals surface area contributed by atoms with Gasteiger partial charge in [0.2, 0.25) is 5.91 Å². The quantitative estimate of drug-likeness (QED) is 0.821. The van der Waals surface area contributed by atoms with Gasteiger partial charge in [-0.3, -0.25) is 4.79 Å². The summed E-state index contributed by atoms with van der Waals surface area (Å²) in [6.07, 6.45) is 10.0. The molecule has 5 rings (SSSR count). The van der Waals surface area contributed by atoms with Crippen LogP contribution in [0.3, 0.4) is 0 Å². The number of hydrogen-bond acceptors (Lipinski definition) is 2. The van der Waals surface area contributed by atoms with E-state index in [4.69, 9.17) is 0 Å². The number of carbonyl (C=O) groups is 1. The summed E-state index contributed by atoms with van der Waals surface area (Å²) in [7, 11) is 0. The van der Waals surface area contributed by atoms with E-state index >= 15 is 0 Å². The van der Waals surface area contributed by atoms with Gasteiger partial charge in [-0.2, -0.15) is 0 Å². The molecular weight excluding hydrogens is 260 g/mol. The summed E-state index contributed by atoms with van der Waals surface area (Å²) in [6, 6.07) is 0. The molecule has 118 valence electrons. The van der Waals surface area contributed by atoms with Crippen molar-refractivity contribution >= 4 is 5.91 Å². The predicted molar refractivity (Wildman–Crippen MR) is 83.9 cm³/mol. The molecule has 4 bridgehead atoms. The van der Waals surface area contributed by atoms with E-state index in [1.165, 1.54) is 38.5 Å². The fourth-order valence-corrected chi connectivity index (χ4v) is 7.03. The second-order valence-corrected chi connectivity index (χ2v) is 9.44. The van der Waals surface area contributed by atoms with Crippen molar-refractivity contribution < 1.29 is 4.79 Å². The maximum Gasteiger partial charge on any atom is 0.224 e. The van der Waals surface area contributed by atoms with E-state index in [1.807, 2.05) is 0 Å². The normalized spacial score (nSPS) is 51.9. The molecule has 3 nitrogen and oxygen atoms in total. The van der Waals surface area contributed by atoms with Gasteiger partial charge in [0.1, 0.15) is 0 Å². The Balaban J connectivity index is 1.52. The summed E-state index contributed by atoms with van der Waals surface area (Å²) in [4.78, 5) is 12.7. The largest absolute Gasteiger partial charge is 0.350 e. The molecule has 4 aliphatic carbocycles. The number of piperidine rings is 1. The van der Waals surface area contributed by atoms with Crippen LogP contribution in [0.2, 0.25) is 0 Å². The molecule has 5 fully saturated rings. The van der Waals surface area contributed by atoms with Crippen molar-refractivity contribution in [2.75, 3.05) is 13.1 Å². The molecule has 1 aliphatic heterocycles. The van der Waals surface area contributed by atoms with Crippen LogP contribution < -0.4 is 10.6 Å². The summed E-state index contributed by atoms with van der Waals surface area (Å²) in [5.41, 5.74) is 1.08. The Morgan fingerprint density at radius 2 is 1.81 bits per heavy atom. The minimum absolute atomic E-state index is 0.122. The third kappa shape index (κ3) is 2.42. The Morgan fingerprint density at radius 1 is 1.10 bits per heavy atom. The molecule has 1 saturated heterocycles. The second-order valence-electron chi connectivity index (χ2n) is 9.44. The lowest BCUT2D eigenvalue weighted by Crippen LogP contribution is -2.66. The van der Waals surface area contributed by atoms with Gasteiger partial charge in [-0.05, 0) is 74.7 Å². The minimum Gasteiger partial charge on any atom is -0.350 e. The summed E-state index contributed by atoms with van der Waals surface area (Å²) < 4.78 is 0. The van der Waals surface area contributed by atoms with Crippen LogP contribution in [0.15, 0.2) is 0 Å². The highest BCUT2D eigenvalue weighted by Gasteiger charge is 2.60. The molecule has 2 unspecified atom stereocenters. The maximum absolute atomic E-state index is 12.7. The monoisotopic (exact) mass is 290 g/mol. The van der Waals surface area contributed by atoms with Crippen LogP contribution in [0.4, 0.5) is 0 Å². The van der Waals surface area contributed by atoms with Crippen LogP contribution in [0.25, 0.3) is 0 Å². The van der Waals surface area contributed by atoms with Crippen molar-refractivity contribution in [3.63, 3.8) is 0 Å². The van der Waals surface area contributed by atoms with Crippen LogP contribution in [0, 0.1) is 22.7 Å². The Bertz CT molecular complexity index is 436. The Morgan fingerprint density at radius 3 is 2.38 bits per heavy atom. The van der Waals surface area contributed by atoms with E-state index in [-0.39, 0.29) is 11.5 Å². The first kappa shape index (κ1) is 14.0. The first-order chi connectivity index (χ1) is 9.90. The highest BCUT2D eigenvalue weighted by atomic mass is 16.2. The van der Waals surface area contributed by atoms with Gasteiger partial charge in [0, 0.05) is 12.1 Å². The molecule has 5 aliphatic rings. The van der Waals surface area contributed by atoms with E-state index < -0.39 is 0 Å². The van der Waals surface area contributed by atoms with E-state index in [2.05, 4.69) is 24.5 Å². The van der Waals surface area contributed by atoms with Crippen molar-refractivity contribution in [1.82, 2.24) is 10.6 Å². The zero-order chi connectivity index (χ0) is 14.7. The number of amides is 1. The number of hydrogen-bond donors (Lipinski definition) is 2. The van der Waals surface area contributed by atoms with Gasteiger partial charge in [-0.25, -0.2) is 0 Å². The van der Waals surface area contributed by atoms with Crippen LogP contribution >= 0.6 is 0 Å². The van der Waals surface area contributed by atoms with Crippen LogP contribution in [-0.4, -0.2) is 24.5 Å². The lowest BCUT2D eigenvalue weighted by atomic mass is 9.42. The molecule has 2 N–H and O–H groups in total. The fourth-order valence-electron chi connectivity index (χ4n) is 7.03. The van der Waals surface area contributed by atoms with Crippen LogP contribution in [0.1, 0.15) is 65.2 Å². The second kappa shape index (κ2) is 4.47. The van der Waals surface area contributed by atoms with Gasteiger partial charge < -0.3 is 10.6 Å². The zero-order valence-electron chi connectivity index (χ0n) is 13.6. The number of rotatable bonds is 2. The van der Waals surface area contributed by atoms with Crippen molar-refractivity contribution in [2.45, 2.75) is 70.8 Å². The molecule has 3 heteroatoms. The van der Waals surface area contributed by atoms with Crippen LogP contribution in [0.5, 0.6) is 0 Å². The minimum atomic E-state index is 0.122. The number of carbonyl (C=O) groups excluding carboxylic acids is 1. The molecule has 21 heavy (non-hydrogen) atoms. The van der Waals surface area contributed by atoms with Gasteiger partial charge in [0.15, 0.2) is 0 Å². The average molecular weight is 290 g/mol. The molecule has 0 aromatic carbocycles. The summed E-state index contributed by atoms with van der Waals surface area (Å²) in [5.74, 6) is 1.38. The summed E-state index contributed by atoms with van der Waals surface area (Å²) in [5, 5.41) is 6.94. The molecule has 0 radical (unpaired) electrons. The van der Waals surface area contributed by atoms with E-state index in [0.717, 1.165) is 31.8 Å². The Hall–Kier alpha value is -0.570. The molecule has 1 amide bonds. The van der Waals surface area contributed by atoms with Gasteiger partial charge in [-0.1, -0.05) is 13.8 Å². The van der Waals surface area contributed by atoms with Crippen molar-refractivity contribution in [3.8, 4) is 0 Å². The predicted octanol–water partition coefficient (Wildman–Crippen LogP) is 2.85. The summed E-state index contributed by atoms with van der Waals surface area (Å²) in [6.45, 7) is 6.89. The molecule has 0 spiro atoms. The highest BCUT2D eigenvalue weighted by molar-refractivity contribution is 5.80. The van der Waals surface area contributed by atoms with Crippen molar-refractivity contribution in [2.24, 2.45) is 22.7 Å². The van der Waals surface area contributed by atoms with Crippen molar-refractivity contribution in [1.29, 1.82) is 0 Å².